The maximum atomic E-state index is 12.3. The Kier molecular flexibility index (Phi) is 5.19. The Hall–Kier alpha value is -1.88. The highest BCUT2D eigenvalue weighted by molar-refractivity contribution is 5.83. The topological polar surface area (TPSA) is 64.6 Å². The molecule has 1 saturated heterocycles. The highest BCUT2D eigenvalue weighted by atomic mass is 16.6. The first-order valence-electron chi connectivity index (χ1n) is 7.58. The van der Waals surface area contributed by atoms with Crippen molar-refractivity contribution in [1.29, 1.82) is 0 Å². The number of esters is 2. The van der Waals surface area contributed by atoms with E-state index in [0.29, 0.717) is 13.0 Å². The smallest absolute Gasteiger partial charge is 0.348 e. The number of carbonyl (C=O) groups is 2. The summed E-state index contributed by atoms with van der Waals surface area (Å²) in [7, 11) is 0. The summed E-state index contributed by atoms with van der Waals surface area (Å²) in [5.74, 6) is -0.869. The molecular weight excluding hydrogens is 282 g/mol. The molecule has 0 saturated carbocycles. The first-order valence-corrected chi connectivity index (χ1v) is 7.58. The van der Waals surface area contributed by atoms with Gasteiger partial charge in [-0.25, -0.2) is 4.79 Å². The van der Waals surface area contributed by atoms with Crippen molar-refractivity contribution in [1.82, 2.24) is 5.32 Å². The summed E-state index contributed by atoms with van der Waals surface area (Å²) in [6.45, 7) is 6.47. The Morgan fingerprint density at radius 2 is 2.09 bits per heavy atom. The molecule has 1 aromatic carbocycles. The lowest BCUT2D eigenvalue weighted by Gasteiger charge is -2.24. The molecule has 0 spiro atoms. The number of ether oxygens (including phenoxy) is 2. The van der Waals surface area contributed by atoms with Crippen LogP contribution in [0, 0.1) is 5.41 Å². The van der Waals surface area contributed by atoms with Crippen LogP contribution in [0.2, 0.25) is 0 Å². The Bertz CT molecular complexity index is 527. The van der Waals surface area contributed by atoms with Gasteiger partial charge in [0.1, 0.15) is 12.6 Å². The van der Waals surface area contributed by atoms with Gasteiger partial charge in [-0.05, 0) is 12.0 Å². The Morgan fingerprint density at radius 3 is 2.64 bits per heavy atom. The van der Waals surface area contributed by atoms with Gasteiger partial charge in [-0.1, -0.05) is 51.1 Å². The molecule has 2 atom stereocenters. The van der Waals surface area contributed by atoms with Crippen molar-refractivity contribution >= 4 is 11.9 Å². The van der Waals surface area contributed by atoms with Crippen molar-refractivity contribution in [2.75, 3.05) is 6.61 Å². The van der Waals surface area contributed by atoms with Crippen LogP contribution in [0.3, 0.4) is 0 Å². The largest absolute Gasteiger partial charge is 0.462 e. The summed E-state index contributed by atoms with van der Waals surface area (Å²) < 4.78 is 10.4. The molecule has 0 radical (unpaired) electrons. The van der Waals surface area contributed by atoms with Crippen LogP contribution in [0.25, 0.3) is 0 Å². The highest BCUT2D eigenvalue weighted by Crippen LogP contribution is 2.31. The van der Waals surface area contributed by atoms with E-state index in [4.69, 9.17) is 9.47 Å². The Morgan fingerprint density at radius 1 is 1.41 bits per heavy atom. The number of cyclic esters (lactones) is 1. The van der Waals surface area contributed by atoms with Gasteiger partial charge in [0, 0.05) is 12.0 Å². The molecule has 5 heteroatoms. The minimum Gasteiger partial charge on any atom is -0.462 e. The number of benzene rings is 1. The molecule has 0 aliphatic carbocycles. The van der Waals surface area contributed by atoms with Gasteiger partial charge in [0.25, 0.3) is 0 Å². The number of rotatable bonds is 6. The summed E-state index contributed by atoms with van der Waals surface area (Å²) in [4.78, 5) is 24.0. The molecular formula is C17H23NO4. The molecule has 5 nitrogen and oxygen atoms in total. The standard InChI is InChI=1S/C17H23NO4/c1-4-13(18-10-12-8-6-5-7-9-12)15(19)22-14-16(20)21-11-17(14,2)3/h5-9,13-14,18H,4,10-11H2,1-3H3/t13-,14-/m0/s1. The molecule has 0 bridgehead atoms. The summed E-state index contributed by atoms with van der Waals surface area (Å²) in [6, 6.07) is 9.39. The van der Waals surface area contributed by atoms with E-state index in [1.54, 1.807) is 0 Å². The SMILES string of the molecule is CC[C@H](NCc1ccccc1)C(=O)O[C@H]1C(=O)OCC1(C)C. The zero-order valence-corrected chi connectivity index (χ0v) is 13.3. The van der Waals surface area contributed by atoms with Crippen molar-refractivity contribution in [3.8, 4) is 0 Å². The van der Waals surface area contributed by atoms with Crippen LogP contribution in [-0.4, -0.2) is 30.7 Å². The number of carbonyl (C=O) groups excluding carboxylic acids is 2. The third-order valence-electron chi connectivity index (χ3n) is 3.83. The van der Waals surface area contributed by atoms with Crippen LogP contribution in [0.1, 0.15) is 32.8 Å². The van der Waals surface area contributed by atoms with E-state index in [1.165, 1.54) is 0 Å². The second kappa shape index (κ2) is 6.92. The van der Waals surface area contributed by atoms with Gasteiger partial charge in [-0.15, -0.1) is 0 Å². The predicted octanol–water partition coefficient (Wildman–Crippen LogP) is 2.05. The third kappa shape index (κ3) is 3.85. The molecule has 1 aliphatic rings. The fourth-order valence-corrected chi connectivity index (χ4v) is 2.36. The van der Waals surface area contributed by atoms with Gasteiger partial charge in [-0.2, -0.15) is 0 Å². The van der Waals surface area contributed by atoms with Crippen LogP contribution in [0.5, 0.6) is 0 Å². The van der Waals surface area contributed by atoms with Gasteiger partial charge >= 0.3 is 11.9 Å². The first-order chi connectivity index (χ1) is 10.4. The zero-order chi connectivity index (χ0) is 16.2. The van der Waals surface area contributed by atoms with Crippen molar-refractivity contribution in [3.05, 3.63) is 35.9 Å². The molecule has 1 fully saturated rings. The van der Waals surface area contributed by atoms with Gasteiger partial charge < -0.3 is 14.8 Å². The highest BCUT2D eigenvalue weighted by Gasteiger charge is 2.47. The average molecular weight is 305 g/mol. The van der Waals surface area contributed by atoms with E-state index in [-0.39, 0.29) is 6.61 Å². The average Bonchev–Trinajstić information content (AvgIpc) is 2.76. The molecule has 0 unspecified atom stereocenters. The normalized spacial score (nSPS) is 21.2. The van der Waals surface area contributed by atoms with Gasteiger partial charge in [0.15, 0.2) is 0 Å². The van der Waals surface area contributed by atoms with Gasteiger partial charge in [0.05, 0.1) is 0 Å². The third-order valence-corrected chi connectivity index (χ3v) is 3.83. The van der Waals surface area contributed by atoms with Crippen molar-refractivity contribution in [2.45, 2.75) is 45.9 Å². The molecule has 0 aromatic heterocycles. The summed E-state index contributed by atoms with van der Waals surface area (Å²) in [5.41, 5.74) is 0.610. The lowest BCUT2D eigenvalue weighted by atomic mass is 9.90. The van der Waals surface area contributed by atoms with Crippen molar-refractivity contribution < 1.29 is 19.1 Å². The minimum atomic E-state index is -0.826. The lowest BCUT2D eigenvalue weighted by Crippen LogP contribution is -2.43. The Balaban J connectivity index is 1.93. The molecule has 1 N–H and O–H groups in total. The maximum absolute atomic E-state index is 12.3. The minimum absolute atomic E-state index is 0.276. The fourth-order valence-electron chi connectivity index (χ4n) is 2.36. The second-order valence-electron chi connectivity index (χ2n) is 6.24. The Labute approximate surface area is 131 Å². The molecule has 1 heterocycles. The summed E-state index contributed by atoms with van der Waals surface area (Å²) >= 11 is 0. The molecule has 1 aliphatic heterocycles. The van der Waals surface area contributed by atoms with E-state index in [9.17, 15) is 9.59 Å². The number of hydrogen-bond donors (Lipinski definition) is 1. The lowest BCUT2D eigenvalue weighted by molar-refractivity contribution is -0.164. The summed E-state index contributed by atoms with van der Waals surface area (Å²) in [6.07, 6.45) is -0.235. The van der Waals surface area contributed by atoms with Crippen LogP contribution in [0.15, 0.2) is 30.3 Å². The zero-order valence-electron chi connectivity index (χ0n) is 13.3. The van der Waals surface area contributed by atoms with Crippen LogP contribution in [-0.2, 0) is 25.6 Å². The monoisotopic (exact) mass is 305 g/mol. The van der Waals surface area contributed by atoms with E-state index in [0.717, 1.165) is 5.56 Å². The quantitative estimate of drug-likeness (QED) is 0.815. The van der Waals surface area contributed by atoms with Crippen molar-refractivity contribution in [3.63, 3.8) is 0 Å². The van der Waals surface area contributed by atoms with E-state index in [2.05, 4.69) is 5.32 Å². The van der Waals surface area contributed by atoms with E-state index >= 15 is 0 Å². The first kappa shape index (κ1) is 16.5. The van der Waals surface area contributed by atoms with Gasteiger partial charge in [-0.3, -0.25) is 4.79 Å². The van der Waals surface area contributed by atoms with Gasteiger partial charge in [0.2, 0.25) is 6.10 Å². The van der Waals surface area contributed by atoms with Crippen LogP contribution >= 0.6 is 0 Å². The second-order valence-corrected chi connectivity index (χ2v) is 6.24. The maximum Gasteiger partial charge on any atom is 0.348 e. The molecule has 0 amide bonds. The molecule has 2 rings (SSSR count). The molecule has 1 aromatic rings. The molecule has 120 valence electrons. The van der Waals surface area contributed by atoms with Crippen molar-refractivity contribution in [2.24, 2.45) is 5.41 Å². The fraction of sp³-hybridized carbons (Fsp3) is 0.529. The number of hydrogen-bond acceptors (Lipinski definition) is 5. The number of nitrogens with one attached hydrogen (secondary N) is 1. The van der Waals surface area contributed by atoms with E-state index in [1.807, 2.05) is 51.1 Å². The van der Waals surface area contributed by atoms with E-state index < -0.39 is 29.5 Å². The summed E-state index contributed by atoms with van der Waals surface area (Å²) in [5, 5.41) is 3.17. The van der Waals surface area contributed by atoms with Crippen LogP contribution < -0.4 is 5.32 Å². The predicted molar refractivity (Wildman–Crippen MR) is 82.0 cm³/mol. The van der Waals surface area contributed by atoms with Crippen LogP contribution in [0.4, 0.5) is 0 Å². The molecule has 22 heavy (non-hydrogen) atoms.